The van der Waals surface area contributed by atoms with Gasteiger partial charge >= 0.3 is 6.09 Å². The molecule has 1 aliphatic rings. The van der Waals surface area contributed by atoms with Crippen molar-refractivity contribution in [1.29, 1.82) is 5.41 Å². The van der Waals surface area contributed by atoms with Gasteiger partial charge in [-0.15, -0.1) is 11.8 Å². The van der Waals surface area contributed by atoms with E-state index in [1.54, 1.807) is 31.0 Å². The van der Waals surface area contributed by atoms with E-state index >= 15 is 0 Å². The van der Waals surface area contributed by atoms with Gasteiger partial charge in [0.2, 0.25) is 0 Å². The van der Waals surface area contributed by atoms with E-state index in [-0.39, 0.29) is 17.7 Å². The molecule has 34 heavy (non-hydrogen) atoms. The second kappa shape index (κ2) is 10.5. The Bertz CT molecular complexity index is 1190. The monoisotopic (exact) mass is 477 g/mol. The van der Waals surface area contributed by atoms with Gasteiger partial charge in [0, 0.05) is 16.1 Å². The predicted octanol–water partition coefficient (Wildman–Crippen LogP) is 5.33. The number of amidine groups is 1. The lowest BCUT2D eigenvalue weighted by atomic mass is 10.1. The molecule has 1 amide bonds. The summed E-state index contributed by atoms with van der Waals surface area (Å²) in [6.07, 6.45) is -0.439. The standard InChI is InChI=1S/C26H27N3O4S/c1-16-13-18(31-2)11-12-20(16)29-26(30)32-15-22(17-7-4-3-5-8-17)33-21-9-6-10-23-19(21)14-24(34-23)25(27)28/h3-13,22,24H,14-15H2,1-2H3,(H3,27,28)(H,29,30). The zero-order valence-electron chi connectivity index (χ0n) is 19.0. The van der Waals surface area contributed by atoms with Gasteiger partial charge in [0.1, 0.15) is 23.9 Å². The summed E-state index contributed by atoms with van der Waals surface area (Å²) >= 11 is 1.57. The van der Waals surface area contributed by atoms with E-state index in [0.29, 0.717) is 17.9 Å². The number of carbonyl (C=O) groups excluding carboxylic acids is 1. The third-order valence-electron chi connectivity index (χ3n) is 5.57. The Morgan fingerprint density at radius 2 is 1.97 bits per heavy atom. The van der Waals surface area contributed by atoms with Crippen LogP contribution < -0.4 is 20.5 Å². The molecule has 0 saturated heterocycles. The maximum Gasteiger partial charge on any atom is 0.411 e. The van der Waals surface area contributed by atoms with Crippen molar-refractivity contribution < 1.29 is 19.0 Å². The summed E-state index contributed by atoms with van der Waals surface area (Å²) in [6.45, 7) is 1.91. The smallest absolute Gasteiger partial charge is 0.411 e. The van der Waals surface area contributed by atoms with Crippen molar-refractivity contribution in [2.24, 2.45) is 5.73 Å². The maximum atomic E-state index is 12.6. The second-order valence-electron chi connectivity index (χ2n) is 7.92. The molecule has 3 aromatic rings. The summed E-state index contributed by atoms with van der Waals surface area (Å²) in [4.78, 5) is 13.6. The van der Waals surface area contributed by atoms with Gasteiger partial charge < -0.3 is 19.9 Å². The number of benzene rings is 3. The Morgan fingerprint density at radius 3 is 2.68 bits per heavy atom. The Kier molecular flexibility index (Phi) is 7.27. The van der Waals surface area contributed by atoms with Gasteiger partial charge in [-0.05, 0) is 54.8 Å². The number of nitrogens with one attached hydrogen (secondary N) is 2. The second-order valence-corrected chi connectivity index (χ2v) is 9.16. The van der Waals surface area contributed by atoms with E-state index in [4.69, 9.17) is 25.4 Å². The van der Waals surface area contributed by atoms with Crippen LogP contribution in [-0.2, 0) is 11.2 Å². The van der Waals surface area contributed by atoms with Crippen molar-refractivity contribution in [2.45, 2.75) is 29.6 Å². The number of hydrogen-bond acceptors (Lipinski definition) is 6. The fraction of sp³-hybridized carbons (Fsp3) is 0.231. The Hall–Kier alpha value is -3.65. The number of nitrogens with two attached hydrogens (primary N) is 1. The number of thioether (sulfide) groups is 1. The lowest BCUT2D eigenvalue weighted by molar-refractivity contribution is 0.0893. The highest BCUT2D eigenvalue weighted by Gasteiger charge is 2.28. The van der Waals surface area contributed by atoms with Crippen LogP contribution in [0.4, 0.5) is 10.5 Å². The highest BCUT2D eigenvalue weighted by atomic mass is 32.2. The zero-order chi connectivity index (χ0) is 24.1. The summed E-state index contributed by atoms with van der Waals surface area (Å²) in [6, 6.07) is 20.9. The minimum absolute atomic E-state index is 0.0258. The van der Waals surface area contributed by atoms with E-state index in [1.165, 1.54) is 0 Å². The summed E-state index contributed by atoms with van der Waals surface area (Å²) in [7, 11) is 1.60. The van der Waals surface area contributed by atoms with Crippen LogP contribution in [-0.4, -0.2) is 30.9 Å². The molecule has 0 fully saturated rings. The van der Waals surface area contributed by atoms with Gasteiger partial charge in [-0.25, -0.2) is 4.79 Å². The van der Waals surface area contributed by atoms with Crippen LogP contribution in [0.1, 0.15) is 22.8 Å². The molecule has 4 N–H and O–H groups in total. The first-order valence-corrected chi connectivity index (χ1v) is 11.7. The van der Waals surface area contributed by atoms with Crippen LogP contribution in [0, 0.1) is 12.3 Å². The van der Waals surface area contributed by atoms with E-state index in [1.807, 2.05) is 61.5 Å². The lowest BCUT2D eigenvalue weighted by Gasteiger charge is -2.21. The molecule has 0 spiro atoms. The number of aryl methyl sites for hydroxylation is 1. The Labute approximate surface area is 203 Å². The van der Waals surface area contributed by atoms with Gasteiger partial charge in [0.15, 0.2) is 6.10 Å². The highest BCUT2D eigenvalue weighted by Crippen LogP contribution is 2.42. The molecule has 7 nitrogen and oxygen atoms in total. The van der Waals surface area contributed by atoms with Gasteiger partial charge in [0.05, 0.1) is 12.4 Å². The predicted molar refractivity (Wildman–Crippen MR) is 134 cm³/mol. The topological polar surface area (TPSA) is 107 Å². The van der Waals surface area contributed by atoms with Crippen molar-refractivity contribution >= 4 is 29.4 Å². The van der Waals surface area contributed by atoms with Crippen LogP contribution in [0.15, 0.2) is 71.6 Å². The van der Waals surface area contributed by atoms with Crippen LogP contribution in [0.25, 0.3) is 0 Å². The van der Waals surface area contributed by atoms with Crippen LogP contribution >= 0.6 is 11.8 Å². The number of amides is 1. The number of anilines is 1. The van der Waals surface area contributed by atoms with Crippen LogP contribution in [0.5, 0.6) is 11.5 Å². The first-order valence-electron chi connectivity index (χ1n) is 10.9. The minimum Gasteiger partial charge on any atom is -0.497 e. The van der Waals surface area contributed by atoms with Crippen LogP contribution in [0.2, 0.25) is 0 Å². The number of methoxy groups -OCH3 is 1. The molecule has 176 valence electrons. The van der Waals surface area contributed by atoms with E-state index < -0.39 is 12.2 Å². The van der Waals surface area contributed by atoms with Crippen molar-refractivity contribution in [1.82, 2.24) is 0 Å². The zero-order valence-corrected chi connectivity index (χ0v) is 19.9. The average Bonchev–Trinajstić information content (AvgIpc) is 3.29. The fourth-order valence-corrected chi connectivity index (χ4v) is 4.91. The molecule has 4 rings (SSSR count). The molecule has 0 saturated carbocycles. The molecule has 0 aromatic heterocycles. The normalized spacial score (nSPS) is 15.2. The summed E-state index contributed by atoms with van der Waals surface area (Å²) in [5, 5.41) is 10.5. The van der Waals surface area contributed by atoms with E-state index in [9.17, 15) is 4.79 Å². The van der Waals surface area contributed by atoms with Gasteiger partial charge in [-0.2, -0.15) is 0 Å². The SMILES string of the molecule is COc1ccc(NC(=O)OCC(Oc2cccc3c2CC(C(=N)N)S3)c2ccccc2)c(C)c1. The molecule has 0 radical (unpaired) electrons. The van der Waals surface area contributed by atoms with Gasteiger partial charge in [0.25, 0.3) is 0 Å². The molecule has 0 bridgehead atoms. The number of rotatable bonds is 8. The number of hydrogen-bond donors (Lipinski definition) is 3. The lowest BCUT2D eigenvalue weighted by Crippen LogP contribution is -2.24. The molecular weight excluding hydrogens is 450 g/mol. The van der Waals surface area contributed by atoms with E-state index in [0.717, 1.165) is 27.3 Å². The first-order chi connectivity index (χ1) is 16.4. The quantitative estimate of drug-likeness (QED) is 0.299. The largest absolute Gasteiger partial charge is 0.497 e. The summed E-state index contributed by atoms with van der Waals surface area (Å²) < 4.78 is 17.1. The highest BCUT2D eigenvalue weighted by molar-refractivity contribution is 8.01. The number of carbonyl (C=O) groups is 1. The van der Waals surface area contributed by atoms with Crippen LogP contribution in [0.3, 0.4) is 0 Å². The number of ether oxygens (including phenoxy) is 3. The van der Waals surface area contributed by atoms with E-state index in [2.05, 4.69) is 5.32 Å². The molecule has 2 unspecified atom stereocenters. The molecule has 3 aromatic carbocycles. The fourth-order valence-electron chi connectivity index (χ4n) is 3.74. The Morgan fingerprint density at radius 1 is 1.18 bits per heavy atom. The van der Waals surface area contributed by atoms with Crippen molar-refractivity contribution in [3.63, 3.8) is 0 Å². The molecule has 0 aliphatic carbocycles. The summed E-state index contributed by atoms with van der Waals surface area (Å²) in [5.74, 6) is 1.58. The Balaban J connectivity index is 1.48. The number of fused-ring (bicyclic) bond motifs is 1. The van der Waals surface area contributed by atoms with Crippen molar-refractivity contribution in [3.05, 3.63) is 83.4 Å². The van der Waals surface area contributed by atoms with Gasteiger partial charge in [-0.3, -0.25) is 10.7 Å². The first kappa shape index (κ1) is 23.5. The third kappa shape index (κ3) is 5.46. The average molecular weight is 478 g/mol. The minimum atomic E-state index is -0.566. The van der Waals surface area contributed by atoms with Crippen molar-refractivity contribution in [2.75, 3.05) is 19.0 Å². The third-order valence-corrected chi connectivity index (χ3v) is 6.91. The molecule has 1 aliphatic heterocycles. The molecule has 1 heterocycles. The molecule has 2 atom stereocenters. The maximum absolute atomic E-state index is 12.6. The van der Waals surface area contributed by atoms with Crippen molar-refractivity contribution in [3.8, 4) is 11.5 Å². The molecular formula is C26H27N3O4S. The van der Waals surface area contributed by atoms with Gasteiger partial charge in [-0.1, -0.05) is 36.4 Å². The summed E-state index contributed by atoms with van der Waals surface area (Å²) in [5.41, 5.74) is 9.17. The molecule has 8 heteroatoms.